The van der Waals surface area contributed by atoms with Gasteiger partial charge in [-0.15, -0.1) is 0 Å². The van der Waals surface area contributed by atoms with Crippen LogP contribution in [0.25, 0.3) is 0 Å². The Morgan fingerprint density at radius 1 is 1.08 bits per heavy atom. The van der Waals surface area contributed by atoms with Crippen molar-refractivity contribution in [3.05, 3.63) is 29.3 Å². The third kappa shape index (κ3) is 5.74. The Bertz CT molecular complexity index is 623. The molecule has 7 heteroatoms. The molecule has 0 unspecified atom stereocenters. The minimum Gasteiger partial charge on any atom is -0.368 e. The van der Waals surface area contributed by atoms with Gasteiger partial charge >= 0.3 is 0 Å². The van der Waals surface area contributed by atoms with Gasteiger partial charge in [0.15, 0.2) is 0 Å². The van der Waals surface area contributed by atoms with E-state index >= 15 is 0 Å². The zero-order valence-corrected chi connectivity index (χ0v) is 15.4. The molecule has 0 bridgehead atoms. The molecule has 1 saturated heterocycles. The first kappa shape index (κ1) is 19.2. The summed E-state index contributed by atoms with van der Waals surface area (Å²) in [6, 6.07) is 7.61. The van der Waals surface area contributed by atoms with Crippen LogP contribution in [0.1, 0.15) is 20.3 Å². The Labute approximate surface area is 153 Å². The lowest BCUT2D eigenvalue weighted by Crippen LogP contribution is -2.51. The number of hydrogen-bond acceptors (Lipinski definition) is 4. The SMILES string of the molecule is CC(C)CC(=O)C(=O)NCC(=O)N1CCN(c2ccc(Cl)cc2)CC1. The molecule has 0 saturated carbocycles. The number of carbonyl (C=O) groups is 3. The summed E-state index contributed by atoms with van der Waals surface area (Å²) >= 11 is 5.90. The molecule has 1 aromatic carbocycles. The Hall–Kier alpha value is -2.08. The predicted molar refractivity (Wildman–Crippen MR) is 97.7 cm³/mol. The number of anilines is 1. The van der Waals surface area contributed by atoms with Crippen LogP contribution in [0, 0.1) is 5.92 Å². The molecular formula is C18H24ClN3O3. The van der Waals surface area contributed by atoms with Crippen LogP contribution in [0.15, 0.2) is 24.3 Å². The summed E-state index contributed by atoms with van der Waals surface area (Å²) in [5.41, 5.74) is 1.07. The van der Waals surface area contributed by atoms with E-state index in [9.17, 15) is 14.4 Å². The average molecular weight is 366 g/mol. The van der Waals surface area contributed by atoms with Crippen molar-refractivity contribution >= 4 is 34.9 Å². The summed E-state index contributed by atoms with van der Waals surface area (Å²) in [5.74, 6) is -1.20. The molecule has 1 N–H and O–H groups in total. The summed E-state index contributed by atoms with van der Waals surface area (Å²) < 4.78 is 0. The quantitative estimate of drug-likeness (QED) is 0.779. The summed E-state index contributed by atoms with van der Waals surface area (Å²) in [5, 5.41) is 3.12. The first-order valence-corrected chi connectivity index (χ1v) is 8.84. The molecule has 0 radical (unpaired) electrons. The lowest BCUT2D eigenvalue weighted by atomic mass is 10.1. The molecule has 136 valence electrons. The van der Waals surface area contributed by atoms with Crippen LogP contribution in [0.5, 0.6) is 0 Å². The predicted octanol–water partition coefficient (Wildman–Crippen LogP) is 1.72. The van der Waals surface area contributed by atoms with Gasteiger partial charge in [0.2, 0.25) is 11.7 Å². The van der Waals surface area contributed by atoms with Gasteiger partial charge in [-0.25, -0.2) is 0 Å². The first-order chi connectivity index (χ1) is 11.9. The second-order valence-electron chi connectivity index (χ2n) is 6.55. The Morgan fingerprint density at radius 2 is 1.68 bits per heavy atom. The van der Waals surface area contributed by atoms with Gasteiger partial charge in [-0.3, -0.25) is 14.4 Å². The van der Waals surface area contributed by atoms with Crippen LogP contribution in [0.2, 0.25) is 5.02 Å². The lowest BCUT2D eigenvalue weighted by molar-refractivity contribution is -0.140. The smallest absolute Gasteiger partial charge is 0.287 e. The van der Waals surface area contributed by atoms with Crippen molar-refractivity contribution in [1.29, 1.82) is 0 Å². The lowest BCUT2D eigenvalue weighted by Gasteiger charge is -2.36. The highest BCUT2D eigenvalue weighted by atomic mass is 35.5. The monoisotopic (exact) mass is 365 g/mol. The van der Waals surface area contributed by atoms with E-state index in [1.54, 1.807) is 4.90 Å². The van der Waals surface area contributed by atoms with Gasteiger partial charge in [-0.1, -0.05) is 25.4 Å². The maximum Gasteiger partial charge on any atom is 0.287 e. The molecule has 0 aliphatic carbocycles. The van der Waals surface area contributed by atoms with Gasteiger partial charge in [0.25, 0.3) is 5.91 Å². The van der Waals surface area contributed by atoms with Crippen LogP contribution < -0.4 is 10.2 Å². The van der Waals surface area contributed by atoms with Crippen molar-refractivity contribution in [3.8, 4) is 0 Å². The minimum absolute atomic E-state index is 0.120. The van der Waals surface area contributed by atoms with Crippen molar-refractivity contribution in [2.75, 3.05) is 37.6 Å². The fourth-order valence-electron chi connectivity index (χ4n) is 2.70. The van der Waals surface area contributed by atoms with E-state index in [4.69, 9.17) is 11.6 Å². The number of ketones is 1. The van der Waals surface area contributed by atoms with Crippen molar-refractivity contribution in [3.63, 3.8) is 0 Å². The Balaban J connectivity index is 1.76. The number of piperazine rings is 1. The molecule has 0 aromatic heterocycles. The number of Topliss-reactive ketones (excluding diaryl/α,β-unsaturated/α-hetero) is 1. The van der Waals surface area contributed by atoms with Gasteiger partial charge in [-0.05, 0) is 30.2 Å². The van der Waals surface area contributed by atoms with E-state index in [1.165, 1.54) is 0 Å². The summed E-state index contributed by atoms with van der Waals surface area (Å²) in [4.78, 5) is 39.4. The second kappa shape index (κ2) is 8.85. The topological polar surface area (TPSA) is 69.7 Å². The summed E-state index contributed by atoms with van der Waals surface area (Å²) in [6.45, 7) is 6.20. The van der Waals surface area contributed by atoms with Crippen molar-refractivity contribution in [2.45, 2.75) is 20.3 Å². The summed E-state index contributed by atoms with van der Waals surface area (Å²) in [7, 11) is 0. The molecule has 25 heavy (non-hydrogen) atoms. The fraction of sp³-hybridized carbons (Fsp3) is 0.500. The first-order valence-electron chi connectivity index (χ1n) is 8.46. The molecule has 6 nitrogen and oxygen atoms in total. The maximum atomic E-state index is 12.2. The molecule has 1 fully saturated rings. The molecule has 1 aliphatic heterocycles. The van der Waals surface area contributed by atoms with E-state index in [-0.39, 0.29) is 24.8 Å². The molecule has 1 aliphatic rings. The zero-order valence-electron chi connectivity index (χ0n) is 14.6. The molecule has 1 heterocycles. The Kier molecular flexibility index (Phi) is 6.82. The highest BCUT2D eigenvalue weighted by molar-refractivity contribution is 6.36. The van der Waals surface area contributed by atoms with Crippen LogP contribution in [0.4, 0.5) is 5.69 Å². The van der Waals surface area contributed by atoms with Crippen LogP contribution >= 0.6 is 11.6 Å². The van der Waals surface area contributed by atoms with Gasteiger partial charge in [0.05, 0.1) is 6.54 Å². The van der Waals surface area contributed by atoms with E-state index in [0.29, 0.717) is 31.2 Å². The number of nitrogens with zero attached hydrogens (tertiary/aromatic N) is 2. The number of nitrogens with one attached hydrogen (secondary N) is 1. The Morgan fingerprint density at radius 3 is 2.24 bits per heavy atom. The largest absolute Gasteiger partial charge is 0.368 e. The number of rotatable bonds is 6. The van der Waals surface area contributed by atoms with Crippen molar-refractivity contribution in [2.24, 2.45) is 5.92 Å². The molecule has 2 amide bonds. The highest BCUT2D eigenvalue weighted by Gasteiger charge is 2.22. The molecule has 2 rings (SSSR count). The van der Waals surface area contributed by atoms with E-state index in [0.717, 1.165) is 5.69 Å². The molecule has 1 aromatic rings. The minimum atomic E-state index is -0.679. The maximum absolute atomic E-state index is 12.2. The zero-order chi connectivity index (χ0) is 18.4. The fourth-order valence-corrected chi connectivity index (χ4v) is 2.82. The van der Waals surface area contributed by atoms with Crippen LogP contribution in [-0.2, 0) is 14.4 Å². The normalized spacial score (nSPS) is 14.6. The van der Waals surface area contributed by atoms with E-state index in [1.807, 2.05) is 38.1 Å². The number of benzene rings is 1. The van der Waals surface area contributed by atoms with Gasteiger partial charge in [-0.2, -0.15) is 0 Å². The molecular weight excluding hydrogens is 342 g/mol. The van der Waals surface area contributed by atoms with Crippen LogP contribution in [0.3, 0.4) is 0 Å². The van der Waals surface area contributed by atoms with Gasteiger partial charge in [0, 0.05) is 43.3 Å². The number of hydrogen-bond donors (Lipinski definition) is 1. The third-order valence-corrected chi connectivity index (χ3v) is 4.32. The number of carbonyl (C=O) groups excluding carboxylic acids is 3. The third-order valence-electron chi connectivity index (χ3n) is 4.07. The van der Waals surface area contributed by atoms with Gasteiger partial charge < -0.3 is 15.1 Å². The molecule has 0 atom stereocenters. The second-order valence-corrected chi connectivity index (χ2v) is 6.98. The average Bonchev–Trinajstić information content (AvgIpc) is 2.59. The highest BCUT2D eigenvalue weighted by Crippen LogP contribution is 2.19. The van der Waals surface area contributed by atoms with Crippen LogP contribution in [-0.4, -0.2) is 55.2 Å². The molecule has 0 spiro atoms. The van der Waals surface area contributed by atoms with E-state index in [2.05, 4.69) is 10.2 Å². The van der Waals surface area contributed by atoms with Gasteiger partial charge in [0.1, 0.15) is 0 Å². The van der Waals surface area contributed by atoms with Crippen molar-refractivity contribution in [1.82, 2.24) is 10.2 Å². The van der Waals surface area contributed by atoms with Crippen molar-refractivity contribution < 1.29 is 14.4 Å². The van der Waals surface area contributed by atoms with E-state index < -0.39 is 11.7 Å². The summed E-state index contributed by atoms with van der Waals surface area (Å²) in [6.07, 6.45) is 0.194. The number of amides is 2. The number of halogens is 1. The standard InChI is InChI=1S/C18H24ClN3O3/c1-13(2)11-16(23)18(25)20-12-17(24)22-9-7-21(8-10-22)15-5-3-14(19)4-6-15/h3-6,13H,7-12H2,1-2H3,(H,20,25).